The summed E-state index contributed by atoms with van der Waals surface area (Å²) in [6.07, 6.45) is 22.3. The van der Waals surface area contributed by atoms with Crippen LogP contribution < -0.4 is 4.89 Å². The summed E-state index contributed by atoms with van der Waals surface area (Å²) in [5.41, 5.74) is 0. The number of carbonyl (C=O) groups excluding carboxylic acids is 2. The van der Waals surface area contributed by atoms with Crippen molar-refractivity contribution < 1.29 is 42.1 Å². The van der Waals surface area contributed by atoms with Crippen LogP contribution in [0.25, 0.3) is 0 Å². The Kier molecular flexibility index (Phi) is 24.9. The van der Waals surface area contributed by atoms with Crippen molar-refractivity contribution in [3.63, 3.8) is 0 Å². The number of nitrogens with zero attached hydrogens (tertiary/aromatic N) is 1. The van der Waals surface area contributed by atoms with Crippen molar-refractivity contribution in [1.82, 2.24) is 0 Å². The number of quaternary nitrogens is 1. The lowest BCUT2D eigenvalue weighted by Gasteiger charge is -2.28. The van der Waals surface area contributed by atoms with Crippen LogP contribution in [0, 0.1) is 0 Å². The molecule has 0 spiro atoms. The van der Waals surface area contributed by atoms with Gasteiger partial charge in [0.05, 0.1) is 27.7 Å². The summed E-state index contributed by atoms with van der Waals surface area (Å²) < 4.78 is 32.4. The summed E-state index contributed by atoms with van der Waals surface area (Å²) in [6.45, 7) is 3.16. The molecule has 0 aliphatic carbocycles. The number of rotatable bonds is 29. The lowest BCUT2D eigenvalue weighted by Crippen LogP contribution is -2.37. The molecule has 9 nitrogen and oxygen atoms in total. The van der Waals surface area contributed by atoms with Gasteiger partial charge in [0.15, 0.2) is 6.10 Å². The van der Waals surface area contributed by atoms with E-state index in [1.807, 2.05) is 21.1 Å². The zero-order valence-electron chi connectivity index (χ0n) is 27.0. The second-order valence-electron chi connectivity index (χ2n) is 12.3. The third-order valence-electron chi connectivity index (χ3n) is 6.93. The SMILES string of the molecule is CCCCCCCCCCCCCCCCCCCCC(=O)OC[C@H](COP(=O)([O-])OCC[N+](C)(C)C)OC(C)=O. The standard InChI is InChI=1S/C31H62NO8P/c1-6-7-8-9-10-11-12-13-14-15-16-17-18-19-20-21-22-23-24-31(34)37-27-30(40-29(2)33)28-39-41(35,36)38-26-25-32(3,4)5/h30H,6-28H2,1-5H3/t30-/m1/s1. The average Bonchev–Trinajstić information content (AvgIpc) is 2.88. The highest BCUT2D eigenvalue weighted by molar-refractivity contribution is 7.45. The minimum atomic E-state index is -4.56. The minimum absolute atomic E-state index is 0.0309. The van der Waals surface area contributed by atoms with Gasteiger partial charge in [-0.05, 0) is 6.42 Å². The molecular formula is C31H62NO8P. The van der Waals surface area contributed by atoms with E-state index >= 15 is 0 Å². The van der Waals surface area contributed by atoms with E-state index in [1.54, 1.807) is 0 Å². The maximum atomic E-state index is 12.1. The quantitative estimate of drug-likeness (QED) is 0.0383. The molecule has 0 heterocycles. The van der Waals surface area contributed by atoms with E-state index in [9.17, 15) is 19.0 Å². The molecule has 0 saturated heterocycles. The molecule has 0 amide bonds. The van der Waals surface area contributed by atoms with Crippen molar-refractivity contribution in [1.29, 1.82) is 0 Å². The highest BCUT2D eigenvalue weighted by Crippen LogP contribution is 2.38. The smallest absolute Gasteiger partial charge is 0.305 e. The molecule has 0 aromatic rings. The number of unbranched alkanes of at least 4 members (excludes halogenated alkanes) is 17. The molecule has 0 N–H and O–H groups in total. The Hall–Kier alpha value is -0.990. The summed E-state index contributed by atoms with van der Waals surface area (Å²) in [5, 5.41) is 0. The molecule has 0 saturated carbocycles. The van der Waals surface area contributed by atoms with Gasteiger partial charge in [-0.15, -0.1) is 0 Å². The van der Waals surface area contributed by atoms with Crippen molar-refractivity contribution in [2.24, 2.45) is 0 Å². The first kappa shape index (κ1) is 40.0. The van der Waals surface area contributed by atoms with Crippen LogP contribution in [0.5, 0.6) is 0 Å². The zero-order valence-corrected chi connectivity index (χ0v) is 27.9. The van der Waals surface area contributed by atoms with Gasteiger partial charge in [-0.1, -0.05) is 116 Å². The maximum Gasteiger partial charge on any atom is 0.305 e. The molecule has 1 unspecified atom stereocenters. The number of phosphoric acid groups is 1. The van der Waals surface area contributed by atoms with E-state index in [1.165, 1.54) is 103 Å². The Morgan fingerprint density at radius 1 is 0.707 bits per heavy atom. The fourth-order valence-corrected chi connectivity index (χ4v) is 5.15. The van der Waals surface area contributed by atoms with E-state index in [2.05, 4.69) is 6.92 Å². The first-order chi connectivity index (χ1) is 19.4. The van der Waals surface area contributed by atoms with Crippen molar-refractivity contribution in [3.8, 4) is 0 Å². The normalized spacial score (nSPS) is 14.0. The van der Waals surface area contributed by atoms with E-state index in [-0.39, 0.29) is 19.6 Å². The molecular weight excluding hydrogens is 545 g/mol. The molecule has 0 fully saturated rings. The Bertz CT molecular complexity index is 698. The van der Waals surface area contributed by atoms with Gasteiger partial charge in [0, 0.05) is 13.3 Å². The van der Waals surface area contributed by atoms with Crippen LogP contribution in [-0.4, -0.2) is 70.0 Å². The fourth-order valence-electron chi connectivity index (χ4n) is 4.42. The molecule has 244 valence electrons. The van der Waals surface area contributed by atoms with E-state index in [4.69, 9.17) is 18.5 Å². The summed E-state index contributed by atoms with van der Waals surface area (Å²) in [6, 6.07) is 0. The zero-order chi connectivity index (χ0) is 30.8. The number of likely N-dealkylation sites (N-methyl/N-ethyl adjacent to an activating group) is 1. The molecule has 0 aromatic heterocycles. The fraction of sp³-hybridized carbons (Fsp3) is 0.935. The van der Waals surface area contributed by atoms with Crippen LogP contribution in [0.1, 0.15) is 136 Å². The first-order valence-electron chi connectivity index (χ1n) is 16.2. The number of phosphoric ester groups is 1. The number of esters is 2. The van der Waals surface area contributed by atoms with Gasteiger partial charge >= 0.3 is 11.9 Å². The van der Waals surface area contributed by atoms with Crippen molar-refractivity contribution in [2.75, 3.05) is 47.5 Å². The molecule has 0 aromatic carbocycles. The lowest BCUT2D eigenvalue weighted by molar-refractivity contribution is -0.870. The molecule has 41 heavy (non-hydrogen) atoms. The highest BCUT2D eigenvalue weighted by Gasteiger charge is 2.20. The monoisotopic (exact) mass is 607 g/mol. The number of hydrogen-bond donors (Lipinski definition) is 0. The van der Waals surface area contributed by atoms with Crippen molar-refractivity contribution >= 4 is 19.8 Å². The maximum absolute atomic E-state index is 12.1. The Labute approximate surface area is 251 Å². The molecule has 0 aliphatic heterocycles. The third kappa shape index (κ3) is 30.3. The average molecular weight is 608 g/mol. The topological polar surface area (TPSA) is 111 Å². The van der Waals surface area contributed by atoms with Gasteiger partial charge in [0.1, 0.15) is 19.8 Å². The molecule has 0 rings (SSSR count). The summed E-state index contributed by atoms with van der Waals surface area (Å²) in [5.74, 6) is -1.02. The third-order valence-corrected chi connectivity index (χ3v) is 7.89. The van der Waals surface area contributed by atoms with E-state index in [0.29, 0.717) is 11.0 Å². The Morgan fingerprint density at radius 2 is 1.15 bits per heavy atom. The highest BCUT2D eigenvalue weighted by atomic mass is 31.2. The minimum Gasteiger partial charge on any atom is -0.756 e. The van der Waals surface area contributed by atoms with Crippen molar-refractivity contribution in [3.05, 3.63) is 0 Å². The summed E-state index contributed by atoms with van der Waals surface area (Å²) in [7, 11) is 1.16. The molecule has 0 aliphatic rings. The molecule has 10 heteroatoms. The van der Waals surface area contributed by atoms with Crippen LogP contribution >= 0.6 is 7.82 Å². The number of hydrogen-bond acceptors (Lipinski definition) is 8. The van der Waals surface area contributed by atoms with Gasteiger partial charge in [-0.3, -0.25) is 14.2 Å². The van der Waals surface area contributed by atoms with Crippen LogP contribution in [0.3, 0.4) is 0 Å². The van der Waals surface area contributed by atoms with Crippen LogP contribution in [-0.2, 0) is 32.7 Å². The van der Waals surface area contributed by atoms with Gasteiger partial charge in [-0.25, -0.2) is 0 Å². The number of carbonyl (C=O) groups is 2. The van der Waals surface area contributed by atoms with Gasteiger partial charge in [0.25, 0.3) is 7.82 Å². The molecule has 2 atom stereocenters. The predicted octanol–water partition coefficient (Wildman–Crippen LogP) is 7.10. The summed E-state index contributed by atoms with van der Waals surface area (Å²) >= 11 is 0. The first-order valence-corrected chi connectivity index (χ1v) is 17.6. The van der Waals surface area contributed by atoms with Gasteiger partial charge in [-0.2, -0.15) is 0 Å². The number of ether oxygens (including phenoxy) is 2. The van der Waals surface area contributed by atoms with Crippen molar-refractivity contribution in [2.45, 2.75) is 142 Å². The largest absolute Gasteiger partial charge is 0.756 e. The molecule has 0 bridgehead atoms. The predicted molar refractivity (Wildman–Crippen MR) is 162 cm³/mol. The Morgan fingerprint density at radius 3 is 1.56 bits per heavy atom. The van der Waals surface area contributed by atoms with E-state index in [0.717, 1.165) is 19.3 Å². The van der Waals surface area contributed by atoms with Gasteiger partial charge in [0.2, 0.25) is 0 Å². The Balaban J connectivity index is 3.77. The second kappa shape index (κ2) is 25.5. The second-order valence-corrected chi connectivity index (χ2v) is 13.7. The van der Waals surface area contributed by atoms with E-state index < -0.39 is 32.5 Å². The van der Waals surface area contributed by atoms with Crippen LogP contribution in [0.15, 0.2) is 0 Å². The lowest BCUT2D eigenvalue weighted by atomic mass is 10.0. The van der Waals surface area contributed by atoms with Crippen LogP contribution in [0.2, 0.25) is 0 Å². The summed E-state index contributed by atoms with van der Waals surface area (Å²) in [4.78, 5) is 35.4. The van der Waals surface area contributed by atoms with Crippen LogP contribution in [0.4, 0.5) is 0 Å². The van der Waals surface area contributed by atoms with Gasteiger partial charge < -0.3 is 27.9 Å². The molecule has 0 radical (unpaired) electrons.